The van der Waals surface area contributed by atoms with Gasteiger partial charge in [-0.25, -0.2) is 8.78 Å². The van der Waals surface area contributed by atoms with Gasteiger partial charge in [0, 0.05) is 30.3 Å². The van der Waals surface area contributed by atoms with Gasteiger partial charge in [-0.1, -0.05) is 19.9 Å². The number of hydrogen-bond acceptors (Lipinski definition) is 5. The molecule has 1 aliphatic heterocycles. The number of allylic oxidation sites excluding steroid dienone is 2. The Bertz CT molecular complexity index is 1010. The van der Waals surface area contributed by atoms with Gasteiger partial charge in [0.25, 0.3) is 11.8 Å². The van der Waals surface area contributed by atoms with Crippen molar-refractivity contribution in [3.8, 4) is 0 Å². The standard InChI is InChI=1S/C21H22F5N3O4/c1-9-13(20(2)6-4-11(22)14(23)17(20)32-3)15(33-16(9)21(24,25)26)19(31)29-10-5-7-28-12(8-10)18(27)30/h4-9,13,15-17H,1-3H3,(H2,27,30)(H,28,29,31)/t9-,13-,15+,16-,17?,20?/m0/s1. The van der Waals surface area contributed by atoms with Crippen LogP contribution in [0.2, 0.25) is 0 Å². The second-order valence-corrected chi connectivity index (χ2v) is 8.20. The van der Waals surface area contributed by atoms with E-state index in [9.17, 15) is 31.5 Å². The minimum absolute atomic E-state index is 0.0408. The van der Waals surface area contributed by atoms with Crippen LogP contribution < -0.4 is 11.1 Å². The first kappa shape index (κ1) is 24.8. The van der Waals surface area contributed by atoms with Crippen LogP contribution in [-0.4, -0.2) is 48.4 Å². The molecule has 2 heterocycles. The van der Waals surface area contributed by atoms with Crippen molar-refractivity contribution in [1.82, 2.24) is 4.98 Å². The molecule has 0 bridgehead atoms. The monoisotopic (exact) mass is 475 g/mol. The van der Waals surface area contributed by atoms with Crippen LogP contribution >= 0.6 is 0 Å². The number of anilines is 1. The first-order valence-electron chi connectivity index (χ1n) is 9.87. The number of primary amides is 1. The summed E-state index contributed by atoms with van der Waals surface area (Å²) in [5.74, 6) is -6.93. The van der Waals surface area contributed by atoms with Gasteiger partial charge in [-0.2, -0.15) is 13.2 Å². The van der Waals surface area contributed by atoms with Gasteiger partial charge >= 0.3 is 6.18 Å². The van der Waals surface area contributed by atoms with Crippen molar-refractivity contribution >= 4 is 17.5 Å². The van der Waals surface area contributed by atoms with E-state index >= 15 is 0 Å². The molecule has 180 valence electrons. The van der Waals surface area contributed by atoms with E-state index in [1.807, 2.05) is 0 Å². The molecule has 1 saturated heterocycles. The zero-order valence-corrected chi connectivity index (χ0v) is 17.8. The van der Waals surface area contributed by atoms with Crippen LogP contribution in [0.25, 0.3) is 0 Å². The van der Waals surface area contributed by atoms with E-state index in [1.165, 1.54) is 32.2 Å². The summed E-state index contributed by atoms with van der Waals surface area (Å²) in [5.41, 5.74) is 3.46. The highest BCUT2D eigenvalue weighted by atomic mass is 19.4. The Kier molecular flexibility index (Phi) is 6.62. The van der Waals surface area contributed by atoms with Gasteiger partial charge in [0.2, 0.25) is 0 Å². The third kappa shape index (κ3) is 4.49. The molecule has 0 spiro atoms. The smallest absolute Gasteiger partial charge is 0.373 e. The number of pyridine rings is 1. The summed E-state index contributed by atoms with van der Waals surface area (Å²) in [6, 6.07) is 2.45. The van der Waals surface area contributed by atoms with Crippen molar-refractivity contribution in [2.24, 2.45) is 23.0 Å². The van der Waals surface area contributed by atoms with E-state index < -0.39 is 65.2 Å². The Morgan fingerprint density at radius 1 is 1.30 bits per heavy atom. The summed E-state index contributed by atoms with van der Waals surface area (Å²) in [6.07, 6.45) is -7.27. The molecule has 1 fully saturated rings. The number of carbonyl (C=O) groups is 2. The summed E-state index contributed by atoms with van der Waals surface area (Å²) in [5, 5.41) is 2.39. The molecule has 1 aromatic rings. The van der Waals surface area contributed by atoms with E-state index in [0.717, 1.165) is 19.3 Å². The molecule has 2 amide bonds. The predicted molar refractivity (Wildman–Crippen MR) is 106 cm³/mol. The maximum atomic E-state index is 14.6. The number of ether oxygens (including phenoxy) is 2. The molecule has 12 heteroatoms. The lowest BCUT2D eigenvalue weighted by Gasteiger charge is -2.43. The molecule has 3 N–H and O–H groups in total. The van der Waals surface area contributed by atoms with E-state index in [4.69, 9.17) is 15.2 Å². The van der Waals surface area contributed by atoms with Gasteiger partial charge in [-0.3, -0.25) is 14.6 Å². The van der Waals surface area contributed by atoms with Crippen molar-refractivity contribution in [3.05, 3.63) is 47.8 Å². The SMILES string of the molecule is COC1C(F)=C(F)C=CC1(C)[C@H]1[C@H](C)[C@@H](C(F)(F)F)O[C@H]1C(=O)Nc1ccnc(C(N)=O)c1. The maximum absolute atomic E-state index is 14.6. The van der Waals surface area contributed by atoms with Gasteiger partial charge in [0.15, 0.2) is 17.8 Å². The van der Waals surface area contributed by atoms with Gasteiger partial charge in [0.1, 0.15) is 17.9 Å². The highest BCUT2D eigenvalue weighted by Crippen LogP contribution is 2.54. The number of nitrogens with zero attached hydrogens (tertiary/aromatic N) is 1. The summed E-state index contributed by atoms with van der Waals surface area (Å²) < 4.78 is 79.8. The Morgan fingerprint density at radius 3 is 2.55 bits per heavy atom. The van der Waals surface area contributed by atoms with E-state index in [-0.39, 0.29) is 11.4 Å². The molecule has 6 atom stereocenters. The quantitative estimate of drug-likeness (QED) is 0.635. The second kappa shape index (κ2) is 8.82. The number of rotatable bonds is 5. The number of hydrogen-bond donors (Lipinski definition) is 2. The topological polar surface area (TPSA) is 104 Å². The molecular formula is C21H22F5N3O4. The average Bonchev–Trinajstić information content (AvgIpc) is 3.10. The normalized spacial score (nSPS) is 32.2. The molecule has 1 aromatic heterocycles. The number of nitrogens with two attached hydrogens (primary N) is 1. The van der Waals surface area contributed by atoms with E-state index in [2.05, 4.69) is 10.3 Å². The Balaban J connectivity index is 2.01. The predicted octanol–water partition coefficient (Wildman–Crippen LogP) is 3.44. The lowest BCUT2D eigenvalue weighted by atomic mass is 9.63. The van der Waals surface area contributed by atoms with Gasteiger partial charge in [-0.05, 0) is 24.1 Å². The molecule has 2 aliphatic rings. The fraction of sp³-hybridized carbons (Fsp3) is 0.476. The molecule has 0 saturated carbocycles. The highest BCUT2D eigenvalue weighted by molar-refractivity contribution is 5.97. The van der Waals surface area contributed by atoms with E-state index in [0.29, 0.717) is 0 Å². The third-order valence-corrected chi connectivity index (χ3v) is 6.09. The summed E-state index contributed by atoms with van der Waals surface area (Å²) in [4.78, 5) is 28.1. The highest BCUT2D eigenvalue weighted by Gasteiger charge is 2.62. The summed E-state index contributed by atoms with van der Waals surface area (Å²) >= 11 is 0. The number of halogens is 5. The minimum atomic E-state index is -4.82. The van der Waals surface area contributed by atoms with E-state index in [1.54, 1.807) is 0 Å². The first-order valence-corrected chi connectivity index (χ1v) is 9.87. The minimum Gasteiger partial charge on any atom is -0.373 e. The van der Waals surface area contributed by atoms with Crippen LogP contribution in [0, 0.1) is 17.3 Å². The Morgan fingerprint density at radius 2 is 1.97 bits per heavy atom. The lowest BCUT2D eigenvalue weighted by molar-refractivity contribution is -0.221. The van der Waals surface area contributed by atoms with Crippen LogP contribution in [0.1, 0.15) is 24.3 Å². The zero-order chi connectivity index (χ0) is 24.7. The molecular weight excluding hydrogens is 453 g/mol. The van der Waals surface area contributed by atoms with Crippen molar-refractivity contribution in [3.63, 3.8) is 0 Å². The Hall–Kier alpha value is -2.86. The van der Waals surface area contributed by atoms with Crippen LogP contribution in [0.4, 0.5) is 27.6 Å². The molecule has 3 rings (SSSR count). The van der Waals surface area contributed by atoms with Crippen molar-refractivity contribution in [1.29, 1.82) is 0 Å². The maximum Gasteiger partial charge on any atom is 0.414 e. The number of amides is 2. The first-order chi connectivity index (χ1) is 15.3. The van der Waals surface area contributed by atoms with Crippen molar-refractivity contribution in [2.75, 3.05) is 12.4 Å². The van der Waals surface area contributed by atoms with Crippen molar-refractivity contribution in [2.45, 2.75) is 38.3 Å². The molecule has 33 heavy (non-hydrogen) atoms. The van der Waals surface area contributed by atoms with Gasteiger partial charge in [0.05, 0.1) is 0 Å². The molecule has 0 radical (unpaired) electrons. The summed E-state index contributed by atoms with van der Waals surface area (Å²) in [7, 11) is 1.09. The zero-order valence-electron chi connectivity index (χ0n) is 17.8. The number of nitrogens with one attached hydrogen (secondary N) is 1. The number of aromatic nitrogens is 1. The number of methoxy groups -OCH3 is 1. The fourth-order valence-electron chi connectivity index (χ4n) is 4.64. The average molecular weight is 475 g/mol. The number of carbonyl (C=O) groups excluding carboxylic acids is 2. The second-order valence-electron chi connectivity index (χ2n) is 8.20. The molecule has 7 nitrogen and oxygen atoms in total. The van der Waals surface area contributed by atoms with Gasteiger partial charge < -0.3 is 20.5 Å². The number of alkyl halides is 3. The van der Waals surface area contributed by atoms with Crippen LogP contribution in [0.3, 0.4) is 0 Å². The van der Waals surface area contributed by atoms with Gasteiger partial charge in [-0.15, -0.1) is 0 Å². The summed E-state index contributed by atoms with van der Waals surface area (Å²) in [6.45, 7) is 2.61. The third-order valence-electron chi connectivity index (χ3n) is 6.09. The fourth-order valence-corrected chi connectivity index (χ4v) is 4.64. The van der Waals surface area contributed by atoms with Crippen LogP contribution in [0.5, 0.6) is 0 Å². The molecule has 2 unspecified atom stereocenters. The van der Waals surface area contributed by atoms with Crippen LogP contribution in [-0.2, 0) is 14.3 Å². The largest absolute Gasteiger partial charge is 0.414 e. The molecule has 0 aromatic carbocycles. The van der Waals surface area contributed by atoms with Crippen molar-refractivity contribution < 1.29 is 41.0 Å². The van der Waals surface area contributed by atoms with Crippen LogP contribution in [0.15, 0.2) is 42.1 Å². The molecule has 1 aliphatic carbocycles. The lowest BCUT2D eigenvalue weighted by Crippen LogP contribution is -2.49. The Labute approximate surface area is 185 Å².